The quantitative estimate of drug-likeness (QED) is 0.782. The van der Waals surface area contributed by atoms with Gasteiger partial charge < -0.3 is 20.7 Å². The van der Waals surface area contributed by atoms with Crippen molar-refractivity contribution in [3.05, 3.63) is 53.6 Å². The van der Waals surface area contributed by atoms with Crippen molar-refractivity contribution in [3.63, 3.8) is 0 Å². The third-order valence-corrected chi connectivity index (χ3v) is 4.07. The molecule has 2 aromatic carbocycles. The Morgan fingerprint density at radius 1 is 1.24 bits per heavy atom. The second-order valence-corrected chi connectivity index (χ2v) is 5.93. The van der Waals surface area contributed by atoms with Gasteiger partial charge in [0.2, 0.25) is 0 Å². The second kappa shape index (κ2) is 7.36. The van der Waals surface area contributed by atoms with E-state index in [1.54, 1.807) is 25.1 Å². The Bertz CT molecular complexity index is 804. The summed E-state index contributed by atoms with van der Waals surface area (Å²) in [5.41, 5.74) is 2.79. The highest BCUT2D eigenvalue weighted by Crippen LogP contribution is 2.32. The first-order chi connectivity index (χ1) is 12.1. The molecule has 6 heteroatoms. The summed E-state index contributed by atoms with van der Waals surface area (Å²) in [6.45, 7) is 2.49. The first-order valence-corrected chi connectivity index (χ1v) is 8.24. The zero-order valence-corrected chi connectivity index (χ0v) is 14.3. The molecule has 0 radical (unpaired) electrons. The predicted octanol–water partition coefficient (Wildman–Crippen LogP) is 2.42. The van der Waals surface area contributed by atoms with Crippen LogP contribution in [-0.4, -0.2) is 31.5 Å². The molecule has 0 spiro atoms. The van der Waals surface area contributed by atoms with Crippen LogP contribution in [0.3, 0.4) is 0 Å². The Morgan fingerprint density at radius 3 is 2.84 bits per heavy atom. The van der Waals surface area contributed by atoms with Crippen LogP contribution in [0.5, 0.6) is 5.75 Å². The Balaban J connectivity index is 1.78. The second-order valence-electron chi connectivity index (χ2n) is 5.93. The third-order valence-electron chi connectivity index (χ3n) is 4.07. The molecule has 0 aliphatic carbocycles. The molecule has 2 amide bonds. The van der Waals surface area contributed by atoms with Gasteiger partial charge in [0.1, 0.15) is 5.75 Å². The summed E-state index contributed by atoms with van der Waals surface area (Å²) < 4.78 is 5.52. The van der Waals surface area contributed by atoms with Crippen LogP contribution in [0.15, 0.2) is 42.5 Å². The van der Waals surface area contributed by atoms with Crippen molar-refractivity contribution in [2.75, 3.05) is 24.2 Å². The van der Waals surface area contributed by atoms with E-state index < -0.39 is 6.10 Å². The van der Waals surface area contributed by atoms with E-state index in [1.165, 1.54) is 0 Å². The highest BCUT2D eigenvalue weighted by Gasteiger charge is 2.23. The van der Waals surface area contributed by atoms with Crippen LogP contribution in [0.25, 0.3) is 0 Å². The van der Waals surface area contributed by atoms with Crippen LogP contribution in [0.4, 0.5) is 11.4 Å². The summed E-state index contributed by atoms with van der Waals surface area (Å²) >= 11 is 0. The molecular formula is C19H21N3O3. The van der Waals surface area contributed by atoms with E-state index >= 15 is 0 Å². The number of fused-ring (bicyclic) bond motifs is 1. The van der Waals surface area contributed by atoms with Crippen molar-refractivity contribution in [2.45, 2.75) is 19.4 Å². The van der Waals surface area contributed by atoms with Crippen LogP contribution >= 0.6 is 0 Å². The van der Waals surface area contributed by atoms with Gasteiger partial charge in [0.15, 0.2) is 6.10 Å². The van der Waals surface area contributed by atoms with E-state index in [2.05, 4.69) is 16.0 Å². The van der Waals surface area contributed by atoms with E-state index in [-0.39, 0.29) is 11.8 Å². The van der Waals surface area contributed by atoms with Gasteiger partial charge in [-0.1, -0.05) is 18.2 Å². The molecule has 6 nitrogen and oxygen atoms in total. The van der Waals surface area contributed by atoms with Gasteiger partial charge in [0.25, 0.3) is 11.8 Å². The lowest BCUT2D eigenvalue weighted by Gasteiger charge is -2.23. The van der Waals surface area contributed by atoms with Crippen molar-refractivity contribution in [2.24, 2.45) is 0 Å². The summed E-state index contributed by atoms with van der Waals surface area (Å²) in [7, 11) is 1.88. The number of anilines is 2. The maximum absolute atomic E-state index is 12.6. The van der Waals surface area contributed by atoms with E-state index in [0.717, 1.165) is 18.5 Å². The Hall–Kier alpha value is -2.86. The zero-order valence-electron chi connectivity index (χ0n) is 14.3. The minimum absolute atomic E-state index is 0.178. The van der Waals surface area contributed by atoms with E-state index in [9.17, 15) is 9.59 Å². The molecule has 25 heavy (non-hydrogen) atoms. The van der Waals surface area contributed by atoms with E-state index in [1.807, 2.05) is 31.3 Å². The van der Waals surface area contributed by atoms with Crippen molar-refractivity contribution >= 4 is 23.2 Å². The first-order valence-electron chi connectivity index (χ1n) is 8.24. The first kappa shape index (κ1) is 17.0. The minimum atomic E-state index is -0.521. The lowest BCUT2D eigenvalue weighted by atomic mass is 10.0. The Labute approximate surface area is 146 Å². The molecule has 0 fully saturated rings. The largest absolute Gasteiger partial charge is 0.479 e. The van der Waals surface area contributed by atoms with Gasteiger partial charge in [0.05, 0.1) is 5.69 Å². The summed E-state index contributed by atoms with van der Waals surface area (Å²) in [5.74, 6) is 0.219. The predicted molar refractivity (Wildman–Crippen MR) is 97.2 cm³/mol. The number of ether oxygens (including phenoxy) is 1. The fourth-order valence-electron chi connectivity index (χ4n) is 2.70. The number of carbonyl (C=O) groups is 2. The summed E-state index contributed by atoms with van der Waals surface area (Å²) in [4.78, 5) is 24.4. The molecule has 3 rings (SSSR count). The maximum atomic E-state index is 12.6. The fraction of sp³-hybridized carbons (Fsp3) is 0.263. The molecule has 1 atom stereocenters. The van der Waals surface area contributed by atoms with Crippen molar-refractivity contribution in [3.8, 4) is 5.75 Å². The van der Waals surface area contributed by atoms with Gasteiger partial charge in [-0.3, -0.25) is 9.59 Å². The summed E-state index contributed by atoms with van der Waals surface area (Å²) in [5, 5.41) is 8.75. The zero-order chi connectivity index (χ0) is 17.8. The number of amides is 2. The minimum Gasteiger partial charge on any atom is -0.479 e. The molecular weight excluding hydrogens is 318 g/mol. The molecule has 0 aromatic heterocycles. The molecule has 1 aliphatic heterocycles. The molecule has 2 aromatic rings. The lowest BCUT2D eigenvalue weighted by molar-refractivity contribution is -0.122. The van der Waals surface area contributed by atoms with Gasteiger partial charge in [-0.15, -0.1) is 0 Å². The number of hydrogen-bond acceptors (Lipinski definition) is 4. The van der Waals surface area contributed by atoms with Gasteiger partial charge >= 0.3 is 0 Å². The van der Waals surface area contributed by atoms with Gasteiger partial charge in [-0.05, 0) is 56.8 Å². The maximum Gasteiger partial charge on any atom is 0.265 e. The average Bonchev–Trinajstić information content (AvgIpc) is 2.61. The molecule has 0 saturated carbocycles. The number of nitrogens with one attached hydrogen (secondary N) is 3. The number of benzene rings is 2. The SMILES string of the molecule is CNCCc1ccccc1C(=O)Nc1ccc2c(c1)NC(=O)C(C)O2. The number of likely N-dealkylation sites (N-methyl/N-ethyl adjacent to an activating group) is 1. The Kier molecular flexibility index (Phi) is 5.00. The van der Waals surface area contributed by atoms with Gasteiger partial charge in [-0.25, -0.2) is 0 Å². The van der Waals surface area contributed by atoms with E-state index in [4.69, 9.17) is 4.74 Å². The average molecular weight is 339 g/mol. The Morgan fingerprint density at radius 2 is 2.04 bits per heavy atom. The topological polar surface area (TPSA) is 79.5 Å². The lowest BCUT2D eigenvalue weighted by Crippen LogP contribution is -2.34. The van der Waals surface area contributed by atoms with Crippen LogP contribution in [0.2, 0.25) is 0 Å². The monoisotopic (exact) mass is 339 g/mol. The third kappa shape index (κ3) is 3.80. The fourth-order valence-corrected chi connectivity index (χ4v) is 2.70. The van der Waals surface area contributed by atoms with Crippen LogP contribution in [-0.2, 0) is 11.2 Å². The van der Waals surface area contributed by atoms with Crippen LogP contribution < -0.4 is 20.7 Å². The van der Waals surface area contributed by atoms with Gasteiger partial charge in [-0.2, -0.15) is 0 Å². The highest BCUT2D eigenvalue weighted by molar-refractivity contribution is 6.06. The van der Waals surface area contributed by atoms with Crippen molar-refractivity contribution in [1.82, 2.24) is 5.32 Å². The summed E-state index contributed by atoms with van der Waals surface area (Å²) in [6.07, 6.45) is 0.249. The molecule has 1 aliphatic rings. The molecule has 1 heterocycles. The van der Waals surface area contributed by atoms with Crippen LogP contribution in [0, 0.1) is 0 Å². The molecule has 3 N–H and O–H groups in total. The molecule has 1 unspecified atom stereocenters. The van der Waals surface area contributed by atoms with Gasteiger partial charge in [0, 0.05) is 11.3 Å². The van der Waals surface area contributed by atoms with Crippen molar-refractivity contribution < 1.29 is 14.3 Å². The molecule has 0 bridgehead atoms. The number of rotatable bonds is 5. The smallest absolute Gasteiger partial charge is 0.265 e. The van der Waals surface area contributed by atoms with Crippen molar-refractivity contribution in [1.29, 1.82) is 0 Å². The van der Waals surface area contributed by atoms with E-state index in [0.29, 0.717) is 22.7 Å². The summed E-state index contributed by atoms with van der Waals surface area (Å²) in [6, 6.07) is 12.7. The molecule has 0 saturated heterocycles. The van der Waals surface area contributed by atoms with Crippen LogP contribution in [0.1, 0.15) is 22.8 Å². The molecule has 130 valence electrons. The standard InChI is InChI=1S/C19H21N3O3/c1-12-18(23)22-16-11-14(7-8-17(16)25-12)21-19(24)15-6-4-3-5-13(15)9-10-20-2/h3-8,11-12,20H,9-10H2,1-2H3,(H,21,24)(H,22,23). The number of carbonyl (C=O) groups excluding carboxylic acids is 2. The number of hydrogen-bond donors (Lipinski definition) is 3. The normalized spacial score (nSPS) is 15.8. The highest BCUT2D eigenvalue weighted by atomic mass is 16.5.